The Morgan fingerprint density at radius 3 is 2.69 bits per heavy atom. The van der Waals surface area contributed by atoms with Gasteiger partial charge in [-0.3, -0.25) is 0 Å². The summed E-state index contributed by atoms with van der Waals surface area (Å²) in [5, 5.41) is 5.14. The topological polar surface area (TPSA) is 21.3 Å². The summed E-state index contributed by atoms with van der Waals surface area (Å²) in [6.07, 6.45) is 12.0. The predicted molar refractivity (Wildman–Crippen MR) is 124 cm³/mol. The molecule has 1 aliphatic carbocycles. The number of unbranched alkanes of at least 4 members (excludes halogenated alkanes) is 4. The van der Waals surface area contributed by atoms with E-state index >= 15 is 0 Å². The maximum Gasteiger partial charge on any atom is 0.119 e. The van der Waals surface area contributed by atoms with Crippen molar-refractivity contribution in [2.24, 2.45) is 5.92 Å². The highest BCUT2D eigenvalue weighted by Crippen LogP contribution is 2.51. The van der Waals surface area contributed by atoms with Crippen LogP contribution in [0.5, 0.6) is 5.75 Å². The standard InChI is InChI=1S/C25H29Cl2NO/c1-2-3-4-5-6-14-29-18-11-13-24-22(16-18)19-8-7-9-20(19)25(28-24)21-12-10-17(26)15-23(21)27/h7-8,10-13,15-16,19-20,25,28H,2-6,9,14H2,1H3. The van der Waals surface area contributed by atoms with Gasteiger partial charge in [-0.1, -0.05) is 74.0 Å². The van der Waals surface area contributed by atoms with Crippen molar-refractivity contribution in [3.63, 3.8) is 0 Å². The minimum absolute atomic E-state index is 0.178. The third-order valence-corrected chi connectivity index (χ3v) is 6.71. The van der Waals surface area contributed by atoms with Gasteiger partial charge in [0.1, 0.15) is 5.75 Å². The molecule has 0 radical (unpaired) electrons. The fraction of sp³-hybridized carbons (Fsp3) is 0.440. The molecule has 4 heteroatoms. The van der Waals surface area contributed by atoms with Crippen LogP contribution in [0.1, 0.15) is 68.5 Å². The highest BCUT2D eigenvalue weighted by atomic mass is 35.5. The minimum Gasteiger partial charge on any atom is -0.494 e. The minimum atomic E-state index is 0.178. The van der Waals surface area contributed by atoms with Gasteiger partial charge in [-0.25, -0.2) is 0 Å². The van der Waals surface area contributed by atoms with Gasteiger partial charge >= 0.3 is 0 Å². The smallest absolute Gasteiger partial charge is 0.119 e. The lowest BCUT2D eigenvalue weighted by Crippen LogP contribution is -2.29. The van der Waals surface area contributed by atoms with Crippen molar-refractivity contribution >= 4 is 28.9 Å². The number of hydrogen-bond donors (Lipinski definition) is 1. The molecule has 2 aromatic rings. The van der Waals surface area contributed by atoms with Crippen molar-refractivity contribution in [2.45, 2.75) is 57.4 Å². The summed E-state index contributed by atoms with van der Waals surface area (Å²) in [6, 6.07) is 12.5. The van der Waals surface area contributed by atoms with Crippen LogP contribution in [0.2, 0.25) is 10.0 Å². The molecule has 0 saturated heterocycles. The predicted octanol–water partition coefficient (Wildman–Crippen LogP) is 8.17. The first kappa shape index (κ1) is 20.6. The van der Waals surface area contributed by atoms with E-state index in [1.165, 1.54) is 36.9 Å². The van der Waals surface area contributed by atoms with Gasteiger partial charge in [-0.15, -0.1) is 0 Å². The van der Waals surface area contributed by atoms with Crippen LogP contribution in [0.25, 0.3) is 0 Å². The summed E-state index contributed by atoms with van der Waals surface area (Å²) in [6.45, 7) is 3.04. The molecule has 2 nitrogen and oxygen atoms in total. The zero-order valence-corrected chi connectivity index (χ0v) is 18.5. The second-order valence-electron chi connectivity index (χ2n) is 8.15. The summed E-state index contributed by atoms with van der Waals surface area (Å²) in [5.74, 6) is 1.81. The van der Waals surface area contributed by atoms with E-state index in [9.17, 15) is 0 Å². The number of hydrogen-bond acceptors (Lipinski definition) is 2. The normalized spacial score (nSPS) is 22.1. The molecule has 0 saturated carbocycles. The molecule has 1 heterocycles. The van der Waals surface area contributed by atoms with Gasteiger partial charge in [-0.2, -0.15) is 0 Å². The Kier molecular flexibility index (Phi) is 6.72. The third-order valence-electron chi connectivity index (χ3n) is 6.15. The van der Waals surface area contributed by atoms with Crippen molar-refractivity contribution in [3.8, 4) is 5.75 Å². The maximum absolute atomic E-state index is 6.54. The Morgan fingerprint density at radius 1 is 1.00 bits per heavy atom. The molecule has 0 spiro atoms. The maximum atomic E-state index is 6.54. The lowest BCUT2D eigenvalue weighted by atomic mass is 9.77. The number of halogens is 2. The van der Waals surface area contributed by atoms with E-state index in [4.69, 9.17) is 27.9 Å². The molecule has 3 atom stereocenters. The molecule has 0 bridgehead atoms. The molecule has 4 rings (SSSR count). The van der Waals surface area contributed by atoms with Crippen LogP contribution in [0.3, 0.4) is 0 Å². The molecule has 154 valence electrons. The Bertz CT molecular complexity index is 879. The van der Waals surface area contributed by atoms with Crippen LogP contribution < -0.4 is 10.1 Å². The van der Waals surface area contributed by atoms with Crippen LogP contribution in [-0.4, -0.2) is 6.61 Å². The third kappa shape index (κ3) is 4.59. The lowest BCUT2D eigenvalue weighted by Gasteiger charge is -2.38. The van der Waals surface area contributed by atoms with Crippen molar-refractivity contribution in [1.82, 2.24) is 0 Å². The average molecular weight is 430 g/mol. The molecule has 2 aliphatic rings. The number of fused-ring (bicyclic) bond motifs is 3. The van der Waals surface area contributed by atoms with Crippen LogP contribution in [0.4, 0.5) is 5.69 Å². The molecule has 0 aromatic heterocycles. The summed E-state index contributed by atoms with van der Waals surface area (Å²) in [5.41, 5.74) is 3.62. The molecule has 29 heavy (non-hydrogen) atoms. The van der Waals surface area contributed by atoms with Gasteiger partial charge in [-0.05, 0) is 60.2 Å². The molecule has 2 aromatic carbocycles. The van der Waals surface area contributed by atoms with Gasteiger partial charge in [0.05, 0.1) is 12.6 Å². The molecule has 3 unspecified atom stereocenters. The Morgan fingerprint density at radius 2 is 1.86 bits per heavy atom. The summed E-state index contributed by atoms with van der Waals surface area (Å²) < 4.78 is 6.06. The zero-order valence-electron chi connectivity index (χ0n) is 17.0. The van der Waals surface area contributed by atoms with E-state index in [0.717, 1.165) is 35.8 Å². The first-order valence-corrected chi connectivity index (χ1v) is 11.6. The number of allylic oxidation sites excluding steroid dienone is 2. The highest BCUT2D eigenvalue weighted by molar-refractivity contribution is 6.35. The molecule has 1 N–H and O–H groups in total. The van der Waals surface area contributed by atoms with Crippen LogP contribution in [0.15, 0.2) is 48.6 Å². The quantitative estimate of drug-likeness (QED) is 0.337. The molecule has 1 aliphatic heterocycles. The van der Waals surface area contributed by atoms with Gasteiger partial charge in [0, 0.05) is 21.7 Å². The number of ether oxygens (including phenoxy) is 1. The second kappa shape index (κ2) is 9.45. The number of nitrogens with one attached hydrogen (secondary N) is 1. The van der Waals surface area contributed by atoms with Crippen molar-refractivity contribution in [1.29, 1.82) is 0 Å². The SMILES string of the molecule is CCCCCCCOc1ccc2c(c1)C1C=CCC1C(c1ccc(Cl)cc1Cl)N2. The lowest BCUT2D eigenvalue weighted by molar-refractivity contribution is 0.303. The second-order valence-corrected chi connectivity index (χ2v) is 9.00. The van der Waals surface area contributed by atoms with E-state index < -0.39 is 0 Å². The van der Waals surface area contributed by atoms with Crippen LogP contribution in [-0.2, 0) is 0 Å². The fourth-order valence-electron chi connectivity index (χ4n) is 4.62. The van der Waals surface area contributed by atoms with E-state index in [1.807, 2.05) is 12.1 Å². The molecular weight excluding hydrogens is 401 g/mol. The summed E-state index contributed by atoms with van der Waals surface area (Å²) in [7, 11) is 0. The van der Waals surface area contributed by atoms with E-state index in [1.54, 1.807) is 0 Å². The fourth-order valence-corrected chi connectivity index (χ4v) is 5.15. The van der Waals surface area contributed by atoms with Gasteiger partial charge in [0.15, 0.2) is 0 Å². The number of benzene rings is 2. The first-order chi connectivity index (χ1) is 14.2. The Hall–Kier alpha value is -1.64. The van der Waals surface area contributed by atoms with E-state index in [-0.39, 0.29) is 6.04 Å². The van der Waals surface area contributed by atoms with Gasteiger partial charge < -0.3 is 10.1 Å². The van der Waals surface area contributed by atoms with Crippen molar-refractivity contribution in [3.05, 3.63) is 69.7 Å². The monoisotopic (exact) mass is 429 g/mol. The first-order valence-electron chi connectivity index (χ1n) is 10.8. The molecule has 0 fully saturated rings. The van der Waals surface area contributed by atoms with E-state index in [2.05, 4.69) is 48.7 Å². The Labute approximate surface area is 184 Å². The number of rotatable bonds is 8. The van der Waals surface area contributed by atoms with Crippen molar-refractivity contribution < 1.29 is 4.74 Å². The zero-order chi connectivity index (χ0) is 20.2. The molecular formula is C25H29Cl2NO. The average Bonchev–Trinajstić information content (AvgIpc) is 3.21. The molecule has 0 amide bonds. The van der Waals surface area contributed by atoms with Crippen molar-refractivity contribution in [2.75, 3.05) is 11.9 Å². The summed E-state index contributed by atoms with van der Waals surface area (Å²) >= 11 is 12.7. The van der Waals surface area contributed by atoms with Gasteiger partial charge in [0.25, 0.3) is 0 Å². The van der Waals surface area contributed by atoms with Gasteiger partial charge in [0.2, 0.25) is 0 Å². The summed E-state index contributed by atoms with van der Waals surface area (Å²) in [4.78, 5) is 0. The number of anilines is 1. The highest BCUT2D eigenvalue weighted by Gasteiger charge is 2.38. The van der Waals surface area contributed by atoms with Crippen LogP contribution in [0, 0.1) is 5.92 Å². The Balaban J connectivity index is 1.49. The van der Waals surface area contributed by atoms with Crippen LogP contribution >= 0.6 is 23.2 Å². The van der Waals surface area contributed by atoms with E-state index in [0.29, 0.717) is 16.9 Å². The largest absolute Gasteiger partial charge is 0.494 e.